The zero-order valence-corrected chi connectivity index (χ0v) is 12.9. The molecule has 1 aromatic heterocycles. The summed E-state index contributed by atoms with van der Waals surface area (Å²) in [5.41, 5.74) is 0. The Morgan fingerprint density at radius 2 is 2.05 bits per heavy atom. The van der Waals surface area contributed by atoms with Gasteiger partial charge < -0.3 is 9.64 Å². The van der Waals surface area contributed by atoms with Crippen molar-refractivity contribution in [2.75, 3.05) is 44.3 Å². The zero-order valence-electron chi connectivity index (χ0n) is 10.6. The second-order valence-electron chi connectivity index (χ2n) is 4.84. The molecule has 104 valence electrons. The Balaban J connectivity index is 1.69. The highest BCUT2D eigenvalue weighted by atomic mass is 79.9. The fraction of sp³-hybridized carbons (Fsp3) is 0.667. The van der Waals surface area contributed by atoms with Gasteiger partial charge in [0, 0.05) is 32.2 Å². The maximum Gasteiger partial charge on any atom is 0.148 e. The van der Waals surface area contributed by atoms with Crippen LogP contribution in [0.5, 0.6) is 0 Å². The molecule has 19 heavy (non-hydrogen) atoms. The minimum absolute atomic E-state index is 0.472. The third kappa shape index (κ3) is 2.86. The molecule has 2 fully saturated rings. The van der Waals surface area contributed by atoms with Crippen LogP contribution in [0.25, 0.3) is 0 Å². The van der Waals surface area contributed by atoms with Gasteiger partial charge in [-0.1, -0.05) is 11.6 Å². The summed E-state index contributed by atoms with van der Waals surface area (Å²) in [5, 5.41) is 0.472. The van der Waals surface area contributed by atoms with Crippen LogP contribution in [0.15, 0.2) is 10.8 Å². The van der Waals surface area contributed by atoms with Crippen LogP contribution in [0.2, 0.25) is 5.15 Å². The van der Waals surface area contributed by atoms with E-state index in [9.17, 15) is 0 Å². The van der Waals surface area contributed by atoms with E-state index < -0.39 is 0 Å². The molecule has 0 aliphatic carbocycles. The van der Waals surface area contributed by atoms with Crippen molar-refractivity contribution in [3.8, 4) is 0 Å². The van der Waals surface area contributed by atoms with Crippen LogP contribution < -0.4 is 4.90 Å². The monoisotopic (exact) mass is 346 g/mol. The molecule has 0 bridgehead atoms. The summed E-state index contributed by atoms with van der Waals surface area (Å²) in [6, 6.07) is 0.588. The highest BCUT2D eigenvalue weighted by Gasteiger charge is 2.30. The van der Waals surface area contributed by atoms with E-state index in [2.05, 4.69) is 35.7 Å². The number of nitrogens with zero attached hydrogens (tertiary/aromatic N) is 4. The summed E-state index contributed by atoms with van der Waals surface area (Å²) in [6.45, 7) is 5.76. The fourth-order valence-electron chi connectivity index (χ4n) is 2.74. The number of rotatable bonds is 2. The molecule has 0 aromatic carbocycles. The van der Waals surface area contributed by atoms with Crippen molar-refractivity contribution in [3.05, 3.63) is 16.0 Å². The molecule has 0 amide bonds. The highest BCUT2D eigenvalue weighted by molar-refractivity contribution is 9.10. The Labute approximate surface area is 126 Å². The van der Waals surface area contributed by atoms with Crippen LogP contribution in [-0.4, -0.2) is 60.3 Å². The van der Waals surface area contributed by atoms with Gasteiger partial charge in [0.15, 0.2) is 0 Å². The van der Waals surface area contributed by atoms with Crippen molar-refractivity contribution < 1.29 is 4.74 Å². The topological polar surface area (TPSA) is 41.5 Å². The van der Waals surface area contributed by atoms with Crippen LogP contribution in [-0.2, 0) is 4.74 Å². The number of morpholine rings is 1. The van der Waals surface area contributed by atoms with Gasteiger partial charge in [0.25, 0.3) is 0 Å². The van der Waals surface area contributed by atoms with E-state index in [1.54, 1.807) is 0 Å². The van der Waals surface area contributed by atoms with Crippen molar-refractivity contribution in [2.24, 2.45) is 0 Å². The Morgan fingerprint density at radius 1 is 1.26 bits per heavy atom. The number of aromatic nitrogens is 2. The molecular weight excluding hydrogens is 332 g/mol. The molecule has 0 N–H and O–H groups in total. The van der Waals surface area contributed by atoms with Crippen LogP contribution in [0.1, 0.15) is 6.42 Å². The summed E-state index contributed by atoms with van der Waals surface area (Å²) in [7, 11) is 0. The van der Waals surface area contributed by atoms with Crippen LogP contribution in [0.4, 0.5) is 5.82 Å². The molecule has 3 heterocycles. The molecule has 2 saturated heterocycles. The molecule has 1 aromatic rings. The molecule has 1 atom stereocenters. The number of hydrogen-bond donors (Lipinski definition) is 0. The van der Waals surface area contributed by atoms with E-state index in [1.807, 2.05) is 0 Å². The fourth-order valence-corrected chi connectivity index (χ4v) is 3.32. The third-order valence-electron chi connectivity index (χ3n) is 3.75. The Morgan fingerprint density at radius 3 is 2.84 bits per heavy atom. The van der Waals surface area contributed by atoms with Crippen molar-refractivity contribution >= 4 is 33.3 Å². The Bertz CT molecular complexity index is 455. The first kappa shape index (κ1) is 13.5. The second-order valence-corrected chi connectivity index (χ2v) is 5.99. The Kier molecular flexibility index (Phi) is 4.21. The molecular formula is C12H16BrClN4O. The summed E-state index contributed by atoms with van der Waals surface area (Å²) in [5.74, 6) is 0.899. The van der Waals surface area contributed by atoms with E-state index in [1.165, 1.54) is 6.33 Å². The van der Waals surface area contributed by atoms with Gasteiger partial charge >= 0.3 is 0 Å². The molecule has 0 radical (unpaired) electrons. The largest absolute Gasteiger partial charge is 0.379 e. The smallest absolute Gasteiger partial charge is 0.148 e. The first-order valence-corrected chi connectivity index (χ1v) is 7.65. The van der Waals surface area contributed by atoms with Gasteiger partial charge in [-0.25, -0.2) is 9.97 Å². The van der Waals surface area contributed by atoms with Gasteiger partial charge in [0.1, 0.15) is 17.3 Å². The molecule has 7 heteroatoms. The quantitative estimate of drug-likeness (QED) is 0.763. The maximum atomic E-state index is 6.03. The van der Waals surface area contributed by atoms with E-state index in [-0.39, 0.29) is 0 Å². The number of anilines is 1. The normalized spacial score (nSPS) is 24.9. The lowest BCUT2D eigenvalue weighted by molar-refractivity contribution is 0.0209. The van der Waals surface area contributed by atoms with E-state index in [0.717, 1.165) is 56.1 Å². The van der Waals surface area contributed by atoms with Crippen molar-refractivity contribution in [1.82, 2.24) is 14.9 Å². The number of halogens is 2. The molecule has 0 spiro atoms. The summed E-state index contributed by atoms with van der Waals surface area (Å²) >= 11 is 9.50. The standard InChI is InChI=1S/C12H16BrClN4O/c13-10-11(14)15-8-16-12(10)18-2-1-9(7-18)17-3-5-19-6-4-17/h8-9H,1-7H2. The first-order valence-electron chi connectivity index (χ1n) is 6.48. The lowest BCUT2D eigenvalue weighted by atomic mass is 10.2. The predicted octanol–water partition coefficient (Wildman–Crippen LogP) is 1.80. The average Bonchev–Trinajstić information content (AvgIpc) is 2.92. The lowest BCUT2D eigenvalue weighted by Crippen LogP contribution is -2.44. The first-order chi connectivity index (χ1) is 9.25. The second kappa shape index (κ2) is 5.91. The van der Waals surface area contributed by atoms with Crippen molar-refractivity contribution in [2.45, 2.75) is 12.5 Å². The van der Waals surface area contributed by atoms with E-state index >= 15 is 0 Å². The molecule has 3 rings (SSSR count). The zero-order chi connectivity index (χ0) is 13.2. The molecule has 2 aliphatic rings. The maximum absolute atomic E-state index is 6.03. The van der Waals surface area contributed by atoms with Gasteiger partial charge in [0.05, 0.1) is 17.7 Å². The van der Waals surface area contributed by atoms with Gasteiger partial charge in [-0.3, -0.25) is 4.90 Å². The predicted molar refractivity (Wildman–Crippen MR) is 77.8 cm³/mol. The summed E-state index contributed by atoms with van der Waals surface area (Å²) in [4.78, 5) is 13.1. The van der Waals surface area contributed by atoms with Gasteiger partial charge in [-0.2, -0.15) is 0 Å². The minimum Gasteiger partial charge on any atom is -0.379 e. The number of ether oxygens (including phenoxy) is 1. The van der Waals surface area contributed by atoms with Gasteiger partial charge in [-0.05, 0) is 22.4 Å². The Hall–Kier alpha value is -0.430. The lowest BCUT2D eigenvalue weighted by Gasteiger charge is -2.32. The third-order valence-corrected chi connectivity index (χ3v) is 5.00. The highest BCUT2D eigenvalue weighted by Crippen LogP contribution is 2.31. The van der Waals surface area contributed by atoms with Crippen molar-refractivity contribution in [3.63, 3.8) is 0 Å². The molecule has 2 aliphatic heterocycles. The average molecular weight is 348 g/mol. The van der Waals surface area contributed by atoms with Crippen LogP contribution in [0.3, 0.4) is 0 Å². The summed E-state index contributed by atoms with van der Waals surface area (Å²) in [6.07, 6.45) is 2.68. The van der Waals surface area contributed by atoms with Gasteiger partial charge in [0.2, 0.25) is 0 Å². The molecule has 0 saturated carbocycles. The van der Waals surface area contributed by atoms with E-state index in [4.69, 9.17) is 16.3 Å². The van der Waals surface area contributed by atoms with Gasteiger partial charge in [-0.15, -0.1) is 0 Å². The molecule has 1 unspecified atom stereocenters. The SMILES string of the molecule is Clc1ncnc(N2CCC(N3CCOCC3)C2)c1Br. The summed E-state index contributed by atoms with van der Waals surface area (Å²) < 4.78 is 6.20. The minimum atomic E-state index is 0.472. The van der Waals surface area contributed by atoms with E-state index in [0.29, 0.717) is 11.2 Å². The van der Waals surface area contributed by atoms with Crippen LogP contribution >= 0.6 is 27.5 Å². The van der Waals surface area contributed by atoms with Crippen LogP contribution in [0, 0.1) is 0 Å². The van der Waals surface area contributed by atoms with Crippen molar-refractivity contribution in [1.29, 1.82) is 0 Å². The molecule has 5 nitrogen and oxygen atoms in total. The number of hydrogen-bond acceptors (Lipinski definition) is 5.